The molecule has 0 saturated heterocycles. The highest BCUT2D eigenvalue weighted by atomic mass is 16.4. The molecule has 14 N–H and O–H groups in total. The lowest BCUT2D eigenvalue weighted by Gasteiger charge is -2.22. The van der Waals surface area contributed by atoms with Crippen LogP contribution in [0.1, 0.15) is 24.8 Å². The van der Waals surface area contributed by atoms with Crippen LogP contribution in [0.3, 0.4) is 0 Å². The number of hydrogen-bond acceptors (Lipinski definition) is 10. The quantitative estimate of drug-likeness (QED) is 0.0432. The number of amides is 4. The zero-order valence-corrected chi connectivity index (χ0v) is 22.5. The smallest absolute Gasteiger partial charge is 0.328 e. The standard InChI is InChI=1S/C24H36N8O10/c25-14(8-12-3-5-13(34)6-4-12)20(38)31-15(2-1-7-28-24(26)27)21(39)29-10-18(35)30-16(9-19(36)37)22(40)32-17(11-33)23(41)42/h3-6,14-17,33-34H,1-2,7-11,25H2,(H,29,39)(H,30,35)(H,31,38)(H,32,40)(H,36,37)(H,41,42)(H4,26,27,28)/t14-,15+,16-,17+/m1/s1. The predicted molar refractivity (Wildman–Crippen MR) is 145 cm³/mol. The van der Waals surface area contributed by atoms with Gasteiger partial charge in [0.1, 0.15) is 23.9 Å². The Morgan fingerprint density at radius 2 is 1.48 bits per heavy atom. The largest absolute Gasteiger partial charge is 0.508 e. The molecule has 0 spiro atoms. The molecule has 0 bridgehead atoms. The average Bonchev–Trinajstić information content (AvgIpc) is 2.91. The van der Waals surface area contributed by atoms with Gasteiger partial charge in [-0.25, -0.2) is 4.79 Å². The summed E-state index contributed by atoms with van der Waals surface area (Å²) in [4.78, 5) is 76.3. The van der Waals surface area contributed by atoms with Crippen molar-refractivity contribution in [1.82, 2.24) is 21.3 Å². The van der Waals surface area contributed by atoms with Crippen molar-refractivity contribution in [2.75, 3.05) is 19.7 Å². The number of nitrogens with one attached hydrogen (secondary N) is 4. The minimum atomic E-state index is -1.74. The molecule has 0 saturated carbocycles. The van der Waals surface area contributed by atoms with Crippen molar-refractivity contribution < 1.29 is 49.2 Å². The van der Waals surface area contributed by atoms with E-state index in [1.54, 1.807) is 12.1 Å². The fourth-order valence-electron chi connectivity index (χ4n) is 3.41. The number of carboxylic acids is 2. The lowest BCUT2D eigenvalue weighted by molar-refractivity contribution is -0.144. The summed E-state index contributed by atoms with van der Waals surface area (Å²) in [5, 5.41) is 45.2. The summed E-state index contributed by atoms with van der Waals surface area (Å²) >= 11 is 0. The van der Waals surface area contributed by atoms with Gasteiger partial charge in [-0.15, -0.1) is 0 Å². The molecule has 18 nitrogen and oxygen atoms in total. The van der Waals surface area contributed by atoms with E-state index in [1.807, 2.05) is 5.32 Å². The Labute approximate surface area is 239 Å². The number of hydrogen-bond donors (Lipinski definition) is 11. The fourth-order valence-corrected chi connectivity index (χ4v) is 3.41. The maximum Gasteiger partial charge on any atom is 0.328 e. The van der Waals surface area contributed by atoms with Crippen molar-refractivity contribution in [3.8, 4) is 5.75 Å². The number of aromatic hydroxyl groups is 1. The van der Waals surface area contributed by atoms with Gasteiger partial charge >= 0.3 is 11.9 Å². The normalized spacial score (nSPS) is 13.4. The number of rotatable bonds is 18. The number of phenols is 1. The van der Waals surface area contributed by atoms with Crippen molar-refractivity contribution in [2.45, 2.75) is 49.9 Å². The van der Waals surface area contributed by atoms with Gasteiger partial charge in [-0.2, -0.15) is 0 Å². The van der Waals surface area contributed by atoms with Crippen LogP contribution in [0.15, 0.2) is 29.3 Å². The molecule has 0 aliphatic carbocycles. The zero-order valence-electron chi connectivity index (χ0n) is 22.5. The highest BCUT2D eigenvalue weighted by Crippen LogP contribution is 2.11. The van der Waals surface area contributed by atoms with Crippen LogP contribution in [-0.4, -0.2) is 106 Å². The minimum Gasteiger partial charge on any atom is -0.508 e. The molecule has 0 aliphatic heterocycles. The number of nitrogens with zero attached hydrogens (tertiary/aromatic N) is 1. The first-order chi connectivity index (χ1) is 19.7. The number of aliphatic imine (C=N–C) groups is 1. The van der Waals surface area contributed by atoms with Crippen molar-refractivity contribution in [3.63, 3.8) is 0 Å². The molecule has 4 amide bonds. The Balaban J connectivity index is 2.86. The SMILES string of the molecule is NC(N)=NCCC[C@H](NC(=O)[C@H](N)Cc1ccc(O)cc1)C(=O)NCC(=O)N[C@H](CC(=O)O)C(=O)N[C@@H](CO)C(=O)O. The molecule has 0 radical (unpaired) electrons. The third-order valence-corrected chi connectivity index (χ3v) is 5.56. The molecule has 0 aromatic heterocycles. The number of carbonyl (C=O) groups excluding carboxylic acids is 4. The van der Waals surface area contributed by atoms with Crippen LogP contribution in [0.4, 0.5) is 0 Å². The van der Waals surface area contributed by atoms with Crippen LogP contribution < -0.4 is 38.5 Å². The Kier molecular flexibility index (Phi) is 14.7. The molecule has 1 rings (SSSR count). The average molecular weight is 597 g/mol. The summed E-state index contributed by atoms with van der Waals surface area (Å²) in [6, 6.07) is 0.259. The highest BCUT2D eigenvalue weighted by molar-refractivity contribution is 5.95. The summed E-state index contributed by atoms with van der Waals surface area (Å²) < 4.78 is 0. The number of carboxylic acid groups (broad SMARTS) is 2. The number of aliphatic carboxylic acids is 2. The monoisotopic (exact) mass is 596 g/mol. The number of carbonyl (C=O) groups is 6. The number of nitrogens with two attached hydrogens (primary N) is 3. The Morgan fingerprint density at radius 1 is 0.857 bits per heavy atom. The number of phenolic OH excluding ortho intramolecular Hbond substituents is 1. The molecule has 1 aromatic carbocycles. The fraction of sp³-hybridized carbons (Fsp3) is 0.458. The third kappa shape index (κ3) is 13.4. The molecule has 232 valence electrons. The minimum absolute atomic E-state index is 0.0304. The van der Waals surface area contributed by atoms with E-state index < -0.39 is 79.3 Å². The van der Waals surface area contributed by atoms with Crippen molar-refractivity contribution >= 4 is 41.5 Å². The molecule has 4 atom stereocenters. The van der Waals surface area contributed by atoms with Gasteiger partial charge in [0, 0.05) is 6.54 Å². The van der Waals surface area contributed by atoms with E-state index in [0.29, 0.717) is 5.56 Å². The van der Waals surface area contributed by atoms with Gasteiger partial charge < -0.3 is 58.9 Å². The molecular formula is C24H36N8O10. The van der Waals surface area contributed by atoms with Gasteiger partial charge in [0.05, 0.1) is 25.6 Å². The first-order valence-corrected chi connectivity index (χ1v) is 12.6. The van der Waals surface area contributed by atoms with Crippen LogP contribution in [0, 0.1) is 0 Å². The molecule has 1 aromatic rings. The predicted octanol–water partition coefficient (Wildman–Crippen LogP) is -4.56. The maximum absolute atomic E-state index is 12.9. The van der Waals surface area contributed by atoms with Gasteiger partial charge in [-0.1, -0.05) is 12.1 Å². The van der Waals surface area contributed by atoms with Crippen LogP contribution in [0.2, 0.25) is 0 Å². The van der Waals surface area contributed by atoms with E-state index in [-0.39, 0.29) is 37.5 Å². The molecule has 42 heavy (non-hydrogen) atoms. The summed E-state index contributed by atoms with van der Waals surface area (Å²) in [7, 11) is 0. The summed E-state index contributed by atoms with van der Waals surface area (Å²) in [5.74, 6) is -6.93. The van der Waals surface area contributed by atoms with E-state index in [2.05, 4.69) is 20.9 Å². The zero-order chi connectivity index (χ0) is 31.8. The molecule has 0 unspecified atom stereocenters. The number of aliphatic hydroxyl groups is 1. The second-order valence-electron chi connectivity index (χ2n) is 9.00. The van der Waals surface area contributed by atoms with Crippen molar-refractivity contribution in [2.24, 2.45) is 22.2 Å². The van der Waals surface area contributed by atoms with Crippen molar-refractivity contribution in [3.05, 3.63) is 29.8 Å². The summed E-state index contributed by atoms with van der Waals surface area (Å²) in [6.45, 7) is -1.61. The highest BCUT2D eigenvalue weighted by Gasteiger charge is 2.29. The molecular weight excluding hydrogens is 560 g/mol. The van der Waals surface area contributed by atoms with E-state index in [9.17, 15) is 33.9 Å². The topological polar surface area (TPSA) is 322 Å². The molecule has 0 heterocycles. The maximum atomic E-state index is 12.9. The Morgan fingerprint density at radius 3 is 2.02 bits per heavy atom. The lowest BCUT2D eigenvalue weighted by Crippen LogP contribution is -2.56. The second-order valence-corrected chi connectivity index (χ2v) is 9.00. The van der Waals surface area contributed by atoms with E-state index in [4.69, 9.17) is 32.5 Å². The van der Waals surface area contributed by atoms with Gasteiger partial charge in [0.15, 0.2) is 5.96 Å². The Hall–Kier alpha value is -4.97. The molecule has 0 fully saturated rings. The van der Waals surface area contributed by atoms with Gasteiger partial charge in [-0.05, 0) is 37.0 Å². The van der Waals surface area contributed by atoms with Gasteiger partial charge in [0.2, 0.25) is 23.6 Å². The van der Waals surface area contributed by atoms with Crippen LogP contribution in [-0.2, 0) is 35.2 Å². The summed E-state index contributed by atoms with van der Waals surface area (Å²) in [6.07, 6.45) is -0.565. The lowest BCUT2D eigenvalue weighted by atomic mass is 10.0. The number of benzene rings is 1. The number of aliphatic hydroxyl groups excluding tert-OH is 1. The third-order valence-electron chi connectivity index (χ3n) is 5.56. The van der Waals surface area contributed by atoms with E-state index in [0.717, 1.165) is 0 Å². The van der Waals surface area contributed by atoms with Crippen molar-refractivity contribution in [1.29, 1.82) is 0 Å². The van der Waals surface area contributed by atoms with E-state index in [1.165, 1.54) is 12.1 Å². The first kappa shape index (κ1) is 35.1. The molecule has 0 aliphatic rings. The first-order valence-electron chi connectivity index (χ1n) is 12.6. The Bertz CT molecular complexity index is 1140. The summed E-state index contributed by atoms with van der Waals surface area (Å²) in [5.41, 5.74) is 17.2. The molecule has 18 heteroatoms. The second kappa shape index (κ2) is 17.7. The van der Waals surface area contributed by atoms with Crippen LogP contribution >= 0.6 is 0 Å². The van der Waals surface area contributed by atoms with Crippen LogP contribution in [0.25, 0.3) is 0 Å². The van der Waals surface area contributed by atoms with Crippen LogP contribution in [0.5, 0.6) is 5.75 Å². The van der Waals surface area contributed by atoms with Gasteiger partial charge in [-0.3, -0.25) is 29.0 Å². The number of guanidine groups is 1. The van der Waals surface area contributed by atoms with E-state index >= 15 is 0 Å². The van der Waals surface area contributed by atoms with Gasteiger partial charge in [0.25, 0.3) is 0 Å².